The summed E-state index contributed by atoms with van der Waals surface area (Å²) in [5.74, 6) is 0.509. The van der Waals surface area contributed by atoms with Crippen molar-refractivity contribution in [1.82, 2.24) is 9.80 Å². The number of hydrogen-bond acceptors (Lipinski definition) is 3. The number of nitrogens with zero attached hydrogens (tertiary/aromatic N) is 2. The van der Waals surface area contributed by atoms with Gasteiger partial charge in [-0.2, -0.15) is 0 Å². The average Bonchev–Trinajstić information content (AvgIpc) is 3.03. The largest absolute Gasteiger partial charge is 0.496 e. The van der Waals surface area contributed by atoms with Crippen molar-refractivity contribution in [3.05, 3.63) is 65.7 Å². The molecule has 5 heteroatoms. The van der Waals surface area contributed by atoms with Gasteiger partial charge in [0.1, 0.15) is 5.75 Å². The van der Waals surface area contributed by atoms with Crippen LogP contribution in [0.15, 0.2) is 54.6 Å². The summed E-state index contributed by atoms with van der Waals surface area (Å²) in [7, 11) is 3.41. The van der Waals surface area contributed by atoms with Gasteiger partial charge in [0, 0.05) is 38.7 Å². The van der Waals surface area contributed by atoms with Crippen molar-refractivity contribution < 1.29 is 14.3 Å². The van der Waals surface area contributed by atoms with E-state index in [9.17, 15) is 9.59 Å². The zero-order chi connectivity index (χ0) is 18.5. The highest BCUT2D eigenvalue weighted by Crippen LogP contribution is 2.25. The van der Waals surface area contributed by atoms with Gasteiger partial charge in [-0.15, -0.1) is 0 Å². The number of amides is 2. The van der Waals surface area contributed by atoms with Crippen LogP contribution >= 0.6 is 0 Å². The van der Waals surface area contributed by atoms with E-state index in [1.807, 2.05) is 54.6 Å². The molecule has 1 unspecified atom stereocenters. The first-order chi connectivity index (χ1) is 12.6. The molecule has 1 heterocycles. The number of ether oxygens (including phenoxy) is 1. The molecule has 0 aliphatic carbocycles. The van der Waals surface area contributed by atoms with E-state index in [1.165, 1.54) is 0 Å². The van der Waals surface area contributed by atoms with Gasteiger partial charge < -0.3 is 14.5 Å². The third-order valence-electron chi connectivity index (χ3n) is 4.76. The van der Waals surface area contributed by atoms with E-state index in [2.05, 4.69) is 0 Å². The fraction of sp³-hybridized carbons (Fsp3) is 0.333. The minimum absolute atomic E-state index is 0.0161. The van der Waals surface area contributed by atoms with Crippen LogP contribution in [0.25, 0.3) is 0 Å². The third-order valence-corrected chi connectivity index (χ3v) is 4.76. The molecular formula is C21H24N2O3. The van der Waals surface area contributed by atoms with Gasteiger partial charge >= 0.3 is 0 Å². The summed E-state index contributed by atoms with van der Waals surface area (Å²) in [5, 5.41) is 0. The van der Waals surface area contributed by atoms with Crippen LogP contribution in [-0.2, 0) is 22.7 Å². The van der Waals surface area contributed by atoms with Crippen LogP contribution in [0.5, 0.6) is 5.75 Å². The second-order valence-electron chi connectivity index (χ2n) is 6.67. The molecule has 0 bridgehead atoms. The Morgan fingerprint density at radius 3 is 2.58 bits per heavy atom. The Bertz CT molecular complexity index is 776. The molecule has 1 aliphatic rings. The number of rotatable bonds is 6. The molecule has 3 rings (SSSR count). The lowest BCUT2D eigenvalue weighted by atomic mass is 10.1. The molecule has 26 heavy (non-hydrogen) atoms. The van der Waals surface area contributed by atoms with Gasteiger partial charge in [0.2, 0.25) is 11.8 Å². The molecule has 1 aliphatic heterocycles. The Labute approximate surface area is 154 Å². The molecule has 1 saturated heterocycles. The molecule has 0 spiro atoms. The van der Waals surface area contributed by atoms with Crippen molar-refractivity contribution >= 4 is 11.8 Å². The SMILES string of the molecule is COc1ccccc1CN1CC(C(=O)N(C)Cc2ccccc2)CC1=O. The molecule has 2 amide bonds. The summed E-state index contributed by atoms with van der Waals surface area (Å²) in [4.78, 5) is 28.6. The molecule has 1 atom stereocenters. The lowest BCUT2D eigenvalue weighted by Gasteiger charge is -2.22. The summed E-state index contributed by atoms with van der Waals surface area (Å²) in [5.41, 5.74) is 2.03. The summed E-state index contributed by atoms with van der Waals surface area (Å²) < 4.78 is 5.36. The highest BCUT2D eigenvalue weighted by atomic mass is 16.5. The number of carbonyl (C=O) groups excluding carboxylic acids is 2. The second kappa shape index (κ2) is 8.04. The maximum atomic E-state index is 12.7. The molecular weight excluding hydrogens is 328 g/mol. The zero-order valence-electron chi connectivity index (χ0n) is 15.2. The van der Waals surface area contributed by atoms with E-state index in [0.29, 0.717) is 19.6 Å². The number of methoxy groups -OCH3 is 1. The number of carbonyl (C=O) groups is 2. The van der Waals surface area contributed by atoms with Crippen molar-refractivity contribution in [1.29, 1.82) is 0 Å². The first-order valence-electron chi connectivity index (χ1n) is 8.77. The van der Waals surface area contributed by atoms with Gasteiger partial charge in [-0.1, -0.05) is 48.5 Å². The third kappa shape index (κ3) is 4.04. The van der Waals surface area contributed by atoms with Crippen molar-refractivity contribution in [2.75, 3.05) is 20.7 Å². The zero-order valence-corrected chi connectivity index (χ0v) is 15.2. The predicted molar refractivity (Wildman–Crippen MR) is 99.4 cm³/mol. The summed E-state index contributed by atoms with van der Waals surface area (Å²) in [6, 6.07) is 17.5. The topological polar surface area (TPSA) is 49.9 Å². The normalized spacial score (nSPS) is 16.6. The minimum Gasteiger partial charge on any atom is -0.496 e. The van der Waals surface area contributed by atoms with Crippen molar-refractivity contribution in [2.24, 2.45) is 5.92 Å². The highest BCUT2D eigenvalue weighted by molar-refractivity contribution is 5.89. The fourth-order valence-electron chi connectivity index (χ4n) is 3.38. The van der Waals surface area contributed by atoms with E-state index < -0.39 is 0 Å². The Hall–Kier alpha value is -2.82. The highest BCUT2D eigenvalue weighted by Gasteiger charge is 2.35. The van der Waals surface area contributed by atoms with Crippen molar-refractivity contribution in [3.8, 4) is 5.75 Å². The Kier molecular flexibility index (Phi) is 5.56. The molecule has 5 nitrogen and oxygen atoms in total. The Morgan fingerprint density at radius 1 is 1.15 bits per heavy atom. The molecule has 1 fully saturated rings. The Balaban J connectivity index is 1.62. The molecule has 0 aromatic heterocycles. The van der Waals surface area contributed by atoms with Crippen molar-refractivity contribution in [3.63, 3.8) is 0 Å². The van der Waals surface area contributed by atoms with Crippen LogP contribution in [0.4, 0.5) is 0 Å². The lowest BCUT2D eigenvalue weighted by Crippen LogP contribution is -2.34. The van der Waals surface area contributed by atoms with Crippen LogP contribution in [0.3, 0.4) is 0 Å². The molecule has 136 valence electrons. The van der Waals surface area contributed by atoms with Crippen LogP contribution in [-0.4, -0.2) is 42.3 Å². The standard InChI is InChI=1S/C21H24N2O3/c1-22(13-16-8-4-3-5-9-16)21(25)18-12-20(24)23(15-18)14-17-10-6-7-11-19(17)26-2/h3-11,18H,12-15H2,1-2H3. The average molecular weight is 352 g/mol. The van der Waals surface area contributed by atoms with Gasteiger partial charge in [0.25, 0.3) is 0 Å². The minimum atomic E-state index is -0.286. The van der Waals surface area contributed by atoms with Gasteiger partial charge in [0.05, 0.1) is 13.0 Å². The quantitative estimate of drug-likeness (QED) is 0.803. The van der Waals surface area contributed by atoms with E-state index in [-0.39, 0.29) is 24.2 Å². The summed E-state index contributed by atoms with van der Waals surface area (Å²) in [6.07, 6.45) is 0.271. The lowest BCUT2D eigenvalue weighted by molar-refractivity contribution is -0.135. The second-order valence-corrected chi connectivity index (χ2v) is 6.67. The fourth-order valence-corrected chi connectivity index (χ4v) is 3.38. The van der Waals surface area contributed by atoms with Crippen LogP contribution in [0.2, 0.25) is 0 Å². The maximum absolute atomic E-state index is 12.7. The molecule has 0 saturated carbocycles. The monoisotopic (exact) mass is 352 g/mol. The number of benzene rings is 2. The van der Waals surface area contributed by atoms with E-state index >= 15 is 0 Å². The first kappa shape index (κ1) is 18.0. The van der Waals surface area contributed by atoms with E-state index in [0.717, 1.165) is 16.9 Å². The van der Waals surface area contributed by atoms with Gasteiger partial charge in [-0.3, -0.25) is 9.59 Å². The first-order valence-corrected chi connectivity index (χ1v) is 8.77. The summed E-state index contributed by atoms with van der Waals surface area (Å²) >= 11 is 0. The maximum Gasteiger partial charge on any atom is 0.228 e. The number of hydrogen-bond donors (Lipinski definition) is 0. The molecule has 0 N–H and O–H groups in total. The Morgan fingerprint density at radius 2 is 1.85 bits per heavy atom. The van der Waals surface area contributed by atoms with E-state index in [4.69, 9.17) is 4.74 Å². The van der Waals surface area contributed by atoms with E-state index in [1.54, 1.807) is 24.0 Å². The predicted octanol–water partition coefficient (Wildman–Crippen LogP) is 2.70. The number of likely N-dealkylation sites (tertiary alicyclic amines) is 1. The molecule has 0 radical (unpaired) electrons. The van der Waals surface area contributed by atoms with Crippen LogP contribution in [0.1, 0.15) is 17.5 Å². The van der Waals surface area contributed by atoms with Crippen LogP contribution in [0, 0.1) is 5.92 Å². The molecule has 2 aromatic rings. The van der Waals surface area contributed by atoms with Gasteiger partial charge in [-0.05, 0) is 11.6 Å². The van der Waals surface area contributed by atoms with Crippen molar-refractivity contribution in [2.45, 2.75) is 19.5 Å². The number of para-hydroxylation sites is 1. The smallest absolute Gasteiger partial charge is 0.228 e. The summed E-state index contributed by atoms with van der Waals surface area (Å²) in [6.45, 7) is 1.47. The molecule has 2 aromatic carbocycles. The van der Waals surface area contributed by atoms with Crippen LogP contribution < -0.4 is 4.74 Å². The van der Waals surface area contributed by atoms with Gasteiger partial charge in [0.15, 0.2) is 0 Å². The van der Waals surface area contributed by atoms with Gasteiger partial charge in [-0.25, -0.2) is 0 Å².